The molecule has 2 aliphatic rings. The van der Waals surface area contributed by atoms with Crippen molar-refractivity contribution in [1.82, 2.24) is 9.88 Å². The van der Waals surface area contributed by atoms with E-state index < -0.39 is 6.36 Å². The van der Waals surface area contributed by atoms with Crippen molar-refractivity contribution >= 4 is 17.4 Å². The number of alkyl halides is 3. The van der Waals surface area contributed by atoms with Crippen molar-refractivity contribution in [1.29, 1.82) is 0 Å². The van der Waals surface area contributed by atoms with Gasteiger partial charge in [-0.3, -0.25) is 9.69 Å². The summed E-state index contributed by atoms with van der Waals surface area (Å²) in [6.07, 6.45) is 2.31. The van der Waals surface area contributed by atoms with Crippen molar-refractivity contribution in [3.05, 3.63) is 48.2 Å². The van der Waals surface area contributed by atoms with E-state index in [1.807, 2.05) is 12.1 Å². The van der Waals surface area contributed by atoms with Crippen LogP contribution in [0.15, 0.2) is 42.6 Å². The van der Waals surface area contributed by atoms with Gasteiger partial charge in [-0.05, 0) is 61.7 Å². The van der Waals surface area contributed by atoms with E-state index in [-0.39, 0.29) is 23.6 Å². The fraction of sp³-hybridized carbons (Fsp3) is 0.500. The summed E-state index contributed by atoms with van der Waals surface area (Å²) in [5, 5.41) is 2.97. The summed E-state index contributed by atoms with van der Waals surface area (Å²) >= 11 is 0. The number of nitrogens with one attached hydrogen (secondary N) is 1. The first-order valence-corrected chi connectivity index (χ1v) is 11.4. The zero-order valence-corrected chi connectivity index (χ0v) is 18.6. The molecule has 1 amide bonds. The number of rotatable bonds is 6. The Kier molecular flexibility index (Phi) is 7.07. The third kappa shape index (κ3) is 6.37. The molecule has 1 aliphatic heterocycles. The van der Waals surface area contributed by atoms with Crippen molar-refractivity contribution < 1.29 is 22.7 Å². The fourth-order valence-corrected chi connectivity index (χ4v) is 4.57. The second-order valence-corrected chi connectivity index (χ2v) is 8.87. The van der Waals surface area contributed by atoms with Crippen LogP contribution in [0.25, 0.3) is 0 Å². The van der Waals surface area contributed by atoms with Crippen LogP contribution in [0.3, 0.4) is 0 Å². The number of ether oxygens (including phenoxy) is 1. The fourth-order valence-electron chi connectivity index (χ4n) is 4.57. The molecular weight excluding hydrogens is 433 g/mol. The zero-order chi connectivity index (χ0) is 23.4. The number of aromatic nitrogens is 1. The van der Waals surface area contributed by atoms with Gasteiger partial charge in [0.05, 0.1) is 6.67 Å². The molecule has 0 spiro atoms. The van der Waals surface area contributed by atoms with Gasteiger partial charge in [0.1, 0.15) is 11.6 Å². The zero-order valence-electron chi connectivity index (χ0n) is 18.6. The number of carbonyl (C=O) groups is 1. The maximum absolute atomic E-state index is 12.5. The van der Waals surface area contributed by atoms with E-state index >= 15 is 0 Å². The van der Waals surface area contributed by atoms with Crippen LogP contribution in [-0.2, 0) is 11.3 Å². The highest BCUT2D eigenvalue weighted by molar-refractivity contribution is 5.91. The molecule has 1 aromatic heterocycles. The van der Waals surface area contributed by atoms with Crippen molar-refractivity contribution in [3.63, 3.8) is 0 Å². The Morgan fingerprint density at radius 1 is 1.15 bits per heavy atom. The molecule has 33 heavy (non-hydrogen) atoms. The van der Waals surface area contributed by atoms with E-state index in [1.54, 1.807) is 18.3 Å². The predicted octanol–water partition coefficient (Wildman–Crippen LogP) is 5.17. The van der Waals surface area contributed by atoms with Crippen LogP contribution in [0.2, 0.25) is 0 Å². The number of amides is 1. The Morgan fingerprint density at radius 2 is 1.88 bits per heavy atom. The van der Waals surface area contributed by atoms with Crippen molar-refractivity contribution in [2.24, 2.45) is 5.92 Å². The van der Waals surface area contributed by atoms with Crippen molar-refractivity contribution in [3.8, 4) is 5.75 Å². The minimum Gasteiger partial charge on any atom is -0.406 e. The first kappa shape index (κ1) is 23.4. The monoisotopic (exact) mass is 462 g/mol. The molecule has 1 unspecified atom stereocenters. The van der Waals surface area contributed by atoms with Crippen LogP contribution in [0.4, 0.5) is 24.7 Å². The Hall–Kier alpha value is -2.81. The van der Waals surface area contributed by atoms with Gasteiger partial charge < -0.3 is 15.0 Å². The summed E-state index contributed by atoms with van der Waals surface area (Å²) in [5.74, 6) is 0.476. The molecule has 1 N–H and O–H groups in total. The van der Waals surface area contributed by atoms with Gasteiger partial charge in [-0.25, -0.2) is 4.98 Å². The van der Waals surface area contributed by atoms with Gasteiger partial charge in [-0.2, -0.15) is 0 Å². The van der Waals surface area contributed by atoms with Gasteiger partial charge in [0.2, 0.25) is 5.91 Å². The Labute approximate surface area is 191 Å². The summed E-state index contributed by atoms with van der Waals surface area (Å²) in [7, 11) is 0. The summed E-state index contributed by atoms with van der Waals surface area (Å²) in [5.41, 5.74) is 1.89. The lowest BCUT2D eigenvalue weighted by Gasteiger charge is -2.22. The van der Waals surface area contributed by atoms with E-state index in [0.29, 0.717) is 19.0 Å². The third-order valence-electron chi connectivity index (χ3n) is 6.33. The quantitative estimate of drug-likeness (QED) is 0.642. The molecule has 0 bridgehead atoms. The topological polar surface area (TPSA) is 57.7 Å². The number of halogens is 3. The number of nitrogens with zero attached hydrogens (tertiary/aromatic N) is 3. The molecule has 1 atom stereocenters. The Balaban J connectivity index is 1.35. The first-order valence-electron chi connectivity index (χ1n) is 11.4. The Morgan fingerprint density at radius 3 is 2.58 bits per heavy atom. The van der Waals surface area contributed by atoms with Gasteiger partial charge in [0, 0.05) is 36.9 Å². The summed E-state index contributed by atoms with van der Waals surface area (Å²) in [6, 6.07) is 10.1. The summed E-state index contributed by atoms with van der Waals surface area (Å²) in [6.45, 7) is 4.21. The van der Waals surface area contributed by atoms with Crippen LogP contribution in [-0.4, -0.2) is 41.4 Å². The minimum atomic E-state index is -4.69. The predicted molar refractivity (Wildman–Crippen MR) is 120 cm³/mol. The molecule has 2 heterocycles. The molecule has 1 aromatic carbocycles. The standard InChI is InChI=1S/C24H29F3N4O2/c1-17-14-31(20-7-9-21(10-8-20)33-24(25,26)27)16-30(17)15-18-11-12-28-22(13-18)29-23(32)19-5-3-2-4-6-19/h7-13,17,19H,2-6,14-16H2,1H3,(H,28,29,32). The summed E-state index contributed by atoms with van der Waals surface area (Å²) < 4.78 is 41.1. The number of benzene rings is 1. The van der Waals surface area contributed by atoms with E-state index in [1.165, 1.54) is 18.6 Å². The van der Waals surface area contributed by atoms with Gasteiger partial charge in [0.15, 0.2) is 0 Å². The molecule has 2 fully saturated rings. The smallest absolute Gasteiger partial charge is 0.406 e. The van der Waals surface area contributed by atoms with E-state index in [2.05, 4.69) is 31.8 Å². The average molecular weight is 463 g/mol. The molecule has 1 aliphatic carbocycles. The molecule has 178 valence electrons. The average Bonchev–Trinajstić information content (AvgIpc) is 3.14. The second kappa shape index (κ2) is 9.99. The molecular formula is C24H29F3N4O2. The maximum atomic E-state index is 12.5. The molecule has 2 aromatic rings. The van der Waals surface area contributed by atoms with Crippen LogP contribution in [0.1, 0.15) is 44.6 Å². The lowest BCUT2D eigenvalue weighted by Crippen LogP contribution is -2.28. The van der Waals surface area contributed by atoms with Gasteiger partial charge in [0.25, 0.3) is 0 Å². The number of hydrogen-bond acceptors (Lipinski definition) is 5. The molecule has 4 rings (SSSR count). The SMILES string of the molecule is CC1CN(c2ccc(OC(F)(F)F)cc2)CN1Cc1ccnc(NC(=O)C2CCCCC2)c1. The van der Waals surface area contributed by atoms with E-state index in [9.17, 15) is 18.0 Å². The summed E-state index contributed by atoms with van der Waals surface area (Å²) in [4.78, 5) is 21.2. The van der Waals surface area contributed by atoms with E-state index in [4.69, 9.17) is 0 Å². The molecule has 0 radical (unpaired) electrons. The van der Waals surface area contributed by atoms with Gasteiger partial charge >= 0.3 is 6.36 Å². The number of anilines is 2. The number of hydrogen-bond donors (Lipinski definition) is 1. The largest absolute Gasteiger partial charge is 0.573 e. The van der Waals surface area contributed by atoms with Crippen molar-refractivity contribution in [2.75, 3.05) is 23.4 Å². The van der Waals surface area contributed by atoms with E-state index in [0.717, 1.165) is 43.5 Å². The highest BCUT2D eigenvalue weighted by Gasteiger charge is 2.31. The van der Waals surface area contributed by atoms with Crippen LogP contribution >= 0.6 is 0 Å². The molecule has 6 nitrogen and oxygen atoms in total. The third-order valence-corrected chi connectivity index (χ3v) is 6.33. The number of pyridine rings is 1. The minimum absolute atomic E-state index is 0.0537. The highest BCUT2D eigenvalue weighted by atomic mass is 19.4. The Bertz CT molecular complexity index is 945. The van der Waals surface area contributed by atoms with Crippen LogP contribution in [0, 0.1) is 5.92 Å². The highest BCUT2D eigenvalue weighted by Crippen LogP contribution is 2.29. The lowest BCUT2D eigenvalue weighted by atomic mass is 9.89. The van der Waals surface area contributed by atoms with Crippen LogP contribution < -0.4 is 15.0 Å². The maximum Gasteiger partial charge on any atom is 0.573 e. The van der Waals surface area contributed by atoms with Crippen molar-refractivity contribution in [2.45, 2.75) is 58.0 Å². The first-order chi connectivity index (χ1) is 15.8. The molecule has 1 saturated carbocycles. The van der Waals surface area contributed by atoms with Gasteiger partial charge in [-0.1, -0.05) is 19.3 Å². The number of carbonyl (C=O) groups excluding carboxylic acids is 1. The molecule has 1 saturated heterocycles. The van der Waals surface area contributed by atoms with Gasteiger partial charge in [-0.15, -0.1) is 13.2 Å². The van der Waals surface area contributed by atoms with Crippen LogP contribution in [0.5, 0.6) is 5.75 Å². The normalized spacial score (nSPS) is 20.1. The second-order valence-electron chi connectivity index (χ2n) is 8.87. The molecule has 9 heteroatoms. The lowest BCUT2D eigenvalue weighted by molar-refractivity contribution is -0.274.